The molecule has 0 atom stereocenters. The Hall–Kier alpha value is -3.60. The Kier molecular flexibility index (Phi) is 5.75. The first kappa shape index (κ1) is 19.2. The molecule has 0 bridgehead atoms. The number of ether oxygens (including phenoxy) is 1. The van der Waals surface area contributed by atoms with Crippen molar-refractivity contribution < 1.29 is 4.74 Å². The second-order valence-corrected chi connectivity index (χ2v) is 6.40. The van der Waals surface area contributed by atoms with E-state index in [2.05, 4.69) is 11.6 Å². The van der Waals surface area contributed by atoms with Crippen LogP contribution in [0.2, 0.25) is 0 Å². The lowest BCUT2D eigenvalue weighted by Gasteiger charge is -2.06. The number of hydrogen-bond donors (Lipinski definition) is 1. The second-order valence-electron chi connectivity index (χ2n) is 6.40. The summed E-state index contributed by atoms with van der Waals surface area (Å²) in [6, 6.07) is 15.0. The van der Waals surface area contributed by atoms with Crippen LogP contribution in [-0.2, 0) is 6.54 Å². The molecule has 0 spiro atoms. The van der Waals surface area contributed by atoms with Crippen molar-refractivity contribution in [3.63, 3.8) is 0 Å². The molecule has 1 N–H and O–H groups in total. The number of methoxy groups -OCH3 is 1. The lowest BCUT2D eigenvalue weighted by molar-refractivity contribution is 0.414. The molecule has 1 aromatic heterocycles. The van der Waals surface area contributed by atoms with E-state index in [4.69, 9.17) is 4.74 Å². The molecule has 28 heavy (non-hydrogen) atoms. The number of nitrogens with one attached hydrogen (secondary N) is 1. The van der Waals surface area contributed by atoms with Gasteiger partial charge in [0.25, 0.3) is 11.1 Å². The van der Waals surface area contributed by atoms with Crippen LogP contribution in [0.5, 0.6) is 5.75 Å². The number of H-pyrrole nitrogens is 1. The summed E-state index contributed by atoms with van der Waals surface area (Å²) < 4.78 is 6.76. The lowest BCUT2D eigenvalue weighted by Crippen LogP contribution is -2.53. The van der Waals surface area contributed by atoms with Crippen LogP contribution >= 0.6 is 0 Å². The lowest BCUT2D eigenvalue weighted by atomic mass is 10.1. The van der Waals surface area contributed by atoms with Crippen molar-refractivity contribution in [2.75, 3.05) is 7.11 Å². The van der Waals surface area contributed by atoms with Crippen molar-refractivity contribution in [1.29, 1.82) is 0 Å². The molecule has 0 aliphatic rings. The maximum absolute atomic E-state index is 13.0. The van der Waals surface area contributed by atoms with Crippen LogP contribution in [0.4, 0.5) is 0 Å². The molecule has 142 valence electrons. The fraction of sp³-hybridized carbons (Fsp3) is 0.130. The highest BCUT2D eigenvalue weighted by molar-refractivity contribution is 5.56. The topological polar surface area (TPSA) is 64.1 Å². The number of aryl methyl sites for hydroxylation is 1. The average Bonchev–Trinajstić information content (AvgIpc) is 2.70. The van der Waals surface area contributed by atoms with Gasteiger partial charge in [-0.1, -0.05) is 54.1 Å². The minimum absolute atomic E-state index is 0.221. The number of nitrogens with zero attached hydrogens (tertiary/aromatic N) is 1. The summed E-state index contributed by atoms with van der Waals surface area (Å²) in [4.78, 5) is 28.5. The van der Waals surface area contributed by atoms with Gasteiger partial charge >= 0.3 is 0 Å². The minimum Gasteiger partial charge on any atom is -0.496 e. The standard InChI is InChI=1S/C23H22N2O3/c1-4-13-25-20(15-18-7-5-6-8-21(18)28-3)22(26)24-19(23(25)27)14-17-11-9-16(2)10-12-17/h4-12,14-15H,1,13H2,2-3H3,(H,24,26)/b19-14+,20-15+. The van der Waals surface area contributed by atoms with Gasteiger partial charge in [0, 0.05) is 12.1 Å². The molecule has 0 saturated carbocycles. The molecule has 5 heteroatoms. The predicted octanol–water partition coefficient (Wildman–Crippen LogP) is 1.70. The van der Waals surface area contributed by atoms with Crippen molar-refractivity contribution in [2.24, 2.45) is 0 Å². The van der Waals surface area contributed by atoms with E-state index < -0.39 is 0 Å². The van der Waals surface area contributed by atoms with Gasteiger partial charge in [-0.15, -0.1) is 6.58 Å². The van der Waals surface area contributed by atoms with E-state index in [9.17, 15) is 9.59 Å². The second kappa shape index (κ2) is 8.39. The zero-order chi connectivity index (χ0) is 20.1. The van der Waals surface area contributed by atoms with Gasteiger partial charge in [-0.3, -0.25) is 14.2 Å². The molecule has 1 heterocycles. The third-order valence-corrected chi connectivity index (χ3v) is 4.38. The van der Waals surface area contributed by atoms with Crippen molar-refractivity contribution in [3.8, 4) is 5.75 Å². The molecule has 0 fully saturated rings. The highest BCUT2D eigenvalue weighted by Crippen LogP contribution is 2.17. The maximum Gasteiger partial charge on any atom is 0.275 e. The number of allylic oxidation sites excluding steroid dienone is 1. The van der Waals surface area contributed by atoms with Gasteiger partial charge in [-0.05, 0) is 30.7 Å². The van der Waals surface area contributed by atoms with Crippen LogP contribution in [0.1, 0.15) is 16.7 Å². The van der Waals surface area contributed by atoms with E-state index in [1.165, 1.54) is 4.57 Å². The zero-order valence-electron chi connectivity index (χ0n) is 15.9. The normalized spacial score (nSPS) is 12.2. The predicted molar refractivity (Wildman–Crippen MR) is 112 cm³/mol. The molecule has 3 aromatic rings. The van der Waals surface area contributed by atoms with E-state index >= 15 is 0 Å². The molecule has 0 amide bonds. The molecule has 0 aliphatic carbocycles. The van der Waals surface area contributed by atoms with E-state index in [1.54, 1.807) is 31.4 Å². The first-order chi connectivity index (χ1) is 13.5. The number of para-hydroxylation sites is 1. The number of aromatic amines is 1. The summed E-state index contributed by atoms with van der Waals surface area (Å²) >= 11 is 0. The van der Waals surface area contributed by atoms with Gasteiger partial charge in [-0.2, -0.15) is 0 Å². The Morgan fingerprint density at radius 1 is 1.07 bits per heavy atom. The smallest absolute Gasteiger partial charge is 0.275 e. The van der Waals surface area contributed by atoms with Crippen LogP contribution in [-0.4, -0.2) is 16.7 Å². The summed E-state index contributed by atoms with van der Waals surface area (Å²) in [5.74, 6) is 0.620. The fourth-order valence-corrected chi connectivity index (χ4v) is 2.93. The van der Waals surface area contributed by atoms with Gasteiger partial charge in [0.15, 0.2) is 0 Å². The Morgan fingerprint density at radius 2 is 1.79 bits per heavy atom. The molecule has 3 rings (SSSR count). The third-order valence-electron chi connectivity index (χ3n) is 4.38. The summed E-state index contributed by atoms with van der Waals surface area (Å²) in [6.45, 7) is 5.92. The van der Waals surface area contributed by atoms with E-state index in [0.29, 0.717) is 11.3 Å². The largest absolute Gasteiger partial charge is 0.496 e. The van der Waals surface area contributed by atoms with E-state index in [1.807, 2.05) is 49.4 Å². The number of hydrogen-bond acceptors (Lipinski definition) is 3. The molecular formula is C23H22N2O3. The van der Waals surface area contributed by atoms with Crippen LogP contribution in [0.15, 0.2) is 70.8 Å². The van der Waals surface area contributed by atoms with Gasteiger partial charge in [0.05, 0.1) is 7.11 Å². The number of benzene rings is 2. The van der Waals surface area contributed by atoms with Crippen molar-refractivity contribution in [1.82, 2.24) is 9.55 Å². The molecule has 0 aliphatic heterocycles. The summed E-state index contributed by atoms with van der Waals surface area (Å²) in [7, 11) is 1.56. The van der Waals surface area contributed by atoms with Gasteiger partial charge in [-0.25, -0.2) is 0 Å². The quantitative estimate of drug-likeness (QED) is 0.692. The van der Waals surface area contributed by atoms with Crippen molar-refractivity contribution in [3.05, 3.63) is 109 Å². The minimum atomic E-state index is -0.356. The number of rotatable bonds is 5. The molecule has 0 unspecified atom stereocenters. The summed E-state index contributed by atoms with van der Waals surface area (Å²) in [5.41, 5.74) is 2.02. The van der Waals surface area contributed by atoms with Crippen LogP contribution < -0.4 is 26.6 Å². The molecule has 0 radical (unpaired) electrons. The van der Waals surface area contributed by atoms with Crippen LogP contribution in [0, 0.1) is 6.92 Å². The Morgan fingerprint density at radius 3 is 2.46 bits per heavy atom. The average molecular weight is 374 g/mol. The maximum atomic E-state index is 13.0. The van der Waals surface area contributed by atoms with Crippen molar-refractivity contribution in [2.45, 2.75) is 13.5 Å². The van der Waals surface area contributed by atoms with Gasteiger partial charge in [0.2, 0.25) is 0 Å². The fourth-order valence-electron chi connectivity index (χ4n) is 2.93. The molecular weight excluding hydrogens is 352 g/mol. The summed E-state index contributed by atoms with van der Waals surface area (Å²) in [5, 5.41) is 0.475. The van der Waals surface area contributed by atoms with Gasteiger partial charge < -0.3 is 9.72 Å². The first-order valence-corrected chi connectivity index (χ1v) is 8.90. The van der Waals surface area contributed by atoms with Gasteiger partial charge in [0.1, 0.15) is 16.4 Å². The van der Waals surface area contributed by atoms with Crippen LogP contribution in [0.3, 0.4) is 0 Å². The Labute approximate surface area is 162 Å². The highest BCUT2D eigenvalue weighted by atomic mass is 16.5. The number of aromatic nitrogens is 2. The van der Waals surface area contributed by atoms with E-state index in [-0.39, 0.29) is 28.4 Å². The summed E-state index contributed by atoms with van der Waals surface area (Å²) in [6.07, 6.45) is 4.92. The van der Waals surface area contributed by atoms with Crippen LogP contribution in [0.25, 0.3) is 12.2 Å². The molecule has 5 nitrogen and oxygen atoms in total. The SMILES string of the molecule is C=CCn1c(=O)/c(=C\c2ccc(C)cc2)[nH]c(=O)/c1=C\c1ccccc1OC. The Bertz CT molecular complexity index is 1230. The first-order valence-electron chi connectivity index (χ1n) is 8.90. The molecule has 0 saturated heterocycles. The Balaban J connectivity index is 2.29. The van der Waals surface area contributed by atoms with E-state index in [0.717, 1.165) is 11.1 Å². The van der Waals surface area contributed by atoms with Crippen molar-refractivity contribution >= 4 is 12.2 Å². The molecule has 2 aromatic carbocycles. The zero-order valence-corrected chi connectivity index (χ0v) is 15.9. The highest BCUT2D eigenvalue weighted by Gasteiger charge is 2.06. The third kappa shape index (κ3) is 4.04. The monoisotopic (exact) mass is 374 g/mol.